The summed E-state index contributed by atoms with van der Waals surface area (Å²) in [6.45, 7) is 3.90. The van der Waals surface area contributed by atoms with Gasteiger partial charge < -0.3 is 28.6 Å². The molecule has 0 saturated heterocycles. The minimum Gasteiger partial charge on any atom is -0.493 e. The Labute approximate surface area is 270 Å². The number of carbonyl (C=O) groups is 2. The maximum Gasteiger partial charge on any atom is 0.361 e. The SMILES string of the molecule is COC(=O)[C@@]1(C(C)C)N=C(c2cc(OC)c(OC)c(OC)c2)[C@]2(O1)C(=O)N(Cc1cn(Cc3ccccc3)nn1)c1ccc(F)cc12. The van der Waals surface area contributed by atoms with Crippen LogP contribution >= 0.6 is 0 Å². The van der Waals surface area contributed by atoms with Gasteiger partial charge in [-0.3, -0.25) is 4.79 Å². The number of fused-ring (bicyclic) bond motifs is 2. The number of amides is 1. The summed E-state index contributed by atoms with van der Waals surface area (Å²) in [5.41, 5.74) is -1.63. The Bertz CT molecular complexity index is 1850. The molecule has 1 amide bonds. The fraction of sp³-hybridized carbons (Fsp3) is 0.324. The summed E-state index contributed by atoms with van der Waals surface area (Å²) in [4.78, 5) is 34.7. The molecular formula is C34H34FN5O7. The monoisotopic (exact) mass is 643 g/mol. The highest BCUT2D eigenvalue weighted by atomic mass is 19.1. The van der Waals surface area contributed by atoms with Crippen molar-refractivity contribution in [3.63, 3.8) is 0 Å². The van der Waals surface area contributed by atoms with Gasteiger partial charge in [-0.1, -0.05) is 49.4 Å². The highest BCUT2D eigenvalue weighted by Crippen LogP contribution is 2.54. The number of nitrogens with zero attached hydrogens (tertiary/aromatic N) is 5. The zero-order valence-corrected chi connectivity index (χ0v) is 26.8. The number of methoxy groups -OCH3 is 4. The average Bonchev–Trinajstić information content (AvgIpc) is 3.75. The van der Waals surface area contributed by atoms with Crippen LogP contribution in [-0.4, -0.2) is 66.7 Å². The van der Waals surface area contributed by atoms with Crippen LogP contribution < -0.4 is 19.1 Å². The quantitative estimate of drug-likeness (QED) is 0.233. The summed E-state index contributed by atoms with van der Waals surface area (Å²) >= 11 is 0. The minimum atomic E-state index is -2.07. The van der Waals surface area contributed by atoms with E-state index in [1.165, 1.54) is 51.5 Å². The molecule has 4 aromatic rings. The Hall–Kier alpha value is -5.30. The van der Waals surface area contributed by atoms with E-state index in [-0.39, 0.29) is 29.3 Å². The van der Waals surface area contributed by atoms with Crippen molar-refractivity contribution in [3.05, 3.63) is 95.1 Å². The van der Waals surface area contributed by atoms with Crippen molar-refractivity contribution in [1.82, 2.24) is 15.0 Å². The van der Waals surface area contributed by atoms with Crippen molar-refractivity contribution in [3.8, 4) is 17.2 Å². The van der Waals surface area contributed by atoms with Crippen LogP contribution in [0.3, 0.4) is 0 Å². The minimum absolute atomic E-state index is 0.0210. The van der Waals surface area contributed by atoms with Gasteiger partial charge in [0.1, 0.15) is 11.5 Å². The molecule has 0 N–H and O–H groups in total. The number of hydrogen-bond acceptors (Lipinski definition) is 10. The molecule has 0 saturated carbocycles. The first-order valence-corrected chi connectivity index (χ1v) is 14.9. The fourth-order valence-electron chi connectivity index (χ4n) is 6.10. The van der Waals surface area contributed by atoms with Crippen LogP contribution in [0.15, 0.2) is 71.9 Å². The molecule has 3 heterocycles. The van der Waals surface area contributed by atoms with Gasteiger partial charge in [0, 0.05) is 17.0 Å². The number of halogens is 1. The second-order valence-corrected chi connectivity index (χ2v) is 11.4. The Morgan fingerprint density at radius 2 is 1.66 bits per heavy atom. The topological polar surface area (TPSA) is 127 Å². The molecular weight excluding hydrogens is 609 g/mol. The number of aliphatic imine (C=N–C) groups is 1. The van der Waals surface area contributed by atoms with Crippen LogP contribution in [0, 0.1) is 11.7 Å². The molecule has 1 spiro atoms. The molecule has 2 aliphatic rings. The van der Waals surface area contributed by atoms with Gasteiger partial charge in [-0.25, -0.2) is 18.9 Å². The van der Waals surface area contributed by atoms with Crippen LogP contribution in [0.25, 0.3) is 0 Å². The predicted octanol–water partition coefficient (Wildman–Crippen LogP) is 4.28. The van der Waals surface area contributed by atoms with Gasteiger partial charge in [0.05, 0.1) is 59.1 Å². The number of aromatic nitrogens is 3. The molecule has 6 rings (SSSR count). The van der Waals surface area contributed by atoms with Crippen molar-refractivity contribution >= 4 is 23.3 Å². The van der Waals surface area contributed by atoms with Gasteiger partial charge in [-0.2, -0.15) is 0 Å². The van der Waals surface area contributed by atoms with Gasteiger partial charge >= 0.3 is 5.97 Å². The van der Waals surface area contributed by atoms with Crippen molar-refractivity contribution in [1.29, 1.82) is 0 Å². The second kappa shape index (κ2) is 12.1. The van der Waals surface area contributed by atoms with Crippen LogP contribution in [0.2, 0.25) is 0 Å². The van der Waals surface area contributed by atoms with E-state index in [0.717, 1.165) is 5.56 Å². The molecule has 3 aromatic carbocycles. The molecule has 12 nitrogen and oxygen atoms in total. The molecule has 0 aliphatic carbocycles. The highest BCUT2D eigenvalue weighted by Gasteiger charge is 2.67. The number of rotatable bonds is 10. The Balaban J connectivity index is 1.52. The van der Waals surface area contributed by atoms with Crippen LogP contribution in [-0.2, 0) is 37.8 Å². The van der Waals surface area contributed by atoms with E-state index in [1.54, 1.807) is 36.9 Å². The summed E-state index contributed by atoms with van der Waals surface area (Å²) in [5.74, 6) is -1.78. The van der Waals surface area contributed by atoms with Crippen molar-refractivity contribution in [2.24, 2.45) is 10.9 Å². The molecule has 47 heavy (non-hydrogen) atoms. The van der Waals surface area contributed by atoms with Gasteiger partial charge in [0.2, 0.25) is 11.4 Å². The van der Waals surface area contributed by atoms with E-state index in [4.69, 9.17) is 28.7 Å². The zero-order chi connectivity index (χ0) is 33.5. The van der Waals surface area contributed by atoms with E-state index < -0.39 is 34.9 Å². The maximum atomic E-state index is 15.1. The zero-order valence-electron chi connectivity index (χ0n) is 26.8. The molecule has 2 atom stereocenters. The summed E-state index contributed by atoms with van der Waals surface area (Å²) in [6, 6.07) is 16.9. The Morgan fingerprint density at radius 3 is 2.28 bits per heavy atom. The Morgan fingerprint density at radius 1 is 0.957 bits per heavy atom. The standard InChI is InChI=1S/C34H34FN5O7/c1-20(2)34(32(42)46-6)36-30(22-14-27(43-3)29(45-5)28(15-22)44-4)33(47-34)25-16-23(35)12-13-26(25)40(31(33)41)19-24-18-39(38-37-24)17-21-10-8-7-9-11-21/h7-16,18,20H,17,19H2,1-6H3/t33-,34-/m0/s1. The van der Waals surface area contributed by atoms with E-state index in [0.29, 0.717) is 29.2 Å². The summed E-state index contributed by atoms with van der Waals surface area (Å²) in [5, 5.41) is 8.56. The van der Waals surface area contributed by atoms with E-state index >= 15 is 4.39 Å². The largest absolute Gasteiger partial charge is 0.493 e. The first-order valence-electron chi connectivity index (χ1n) is 14.9. The Kier molecular flexibility index (Phi) is 8.18. The maximum absolute atomic E-state index is 15.1. The number of benzene rings is 3. The fourth-order valence-corrected chi connectivity index (χ4v) is 6.10. The molecule has 0 radical (unpaired) electrons. The van der Waals surface area contributed by atoms with E-state index in [9.17, 15) is 9.59 Å². The molecule has 244 valence electrons. The summed E-state index contributed by atoms with van der Waals surface area (Å²) in [7, 11) is 5.58. The number of ether oxygens (including phenoxy) is 5. The molecule has 0 unspecified atom stereocenters. The number of hydrogen-bond donors (Lipinski definition) is 0. The number of esters is 1. The van der Waals surface area contributed by atoms with Crippen molar-refractivity contribution < 1.29 is 37.7 Å². The molecule has 2 aliphatic heterocycles. The third-order valence-electron chi connectivity index (χ3n) is 8.39. The summed E-state index contributed by atoms with van der Waals surface area (Å²) in [6.07, 6.45) is 1.74. The van der Waals surface area contributed by atoms with Crippen LogP contribution in [0.1, 0.15) is 36.2 Å². The number of anilines is 1. The summed E-state index contributed by atoms with van der Waals surface area (Å²) < 4.78 is 45.3. The smallest absolute Gasteiger partial charge is 0.361 e. The second-order valence-electron chi connectivity index (χ2n) is 11.4. The first-order chi connectivity index (χ1) is 22.6. The number of carbonyl (C=O) groups excluding carboxylic acids is 2. The first kappa shape index (κ1) is 31.7. The highest BCUT2D eigenvalue weighted by molar-refractivity contribution is 6.28. The lowest BCUT2D eigenvalue weighted by Gasteiger charge is -2.32. The predicted molar refractivity (Wildman–Crippen MR) is 168 cm³/mol. The third kappa shape index (κ3) is 5.07. The lowest BCUT2D eigenvalue weighted by atomic mass is 9.86. The van der Waals surface area contributed by atoms with E-state index in [1.807, 2.05) is 30.3 Å². The van der Waals surface area contributed by atoms with Crippen LogP contribution in [0.5, 0.6) is 17.2 Å². The van der Waals surface area contributed by atoms with Gasteiger partial charge in [-0.05, 0) is 35.9 Å². The lowest BCUT2D eigenvalue weighted by molar-refractivity contribution is -0.187. The van der Waals surface area contributed by atoms with Crippen molar-refractivity contribution in [2.45, 2.75) is 38.3 Å². The molecule has 0 fully saturated rings. The van der Waals surface area contributed by atoms with Crippen molar-refractivity contribution in [2.75, 3.05) is 33.3 Å². The van der Waals surface area contributed by atoms with Gasteiger partial charge in [-0.15, -0.1) is 5.10 Å². The van der Waals surface area contributed by atoms with Gasteiger partial charge in [0.25, 0.3) is 11.6 Å². The normalized spacial score (nSPS) is 20.0. The van der Waals surface area contributed by atoms with Gasteiger partial charge in [0.15, 0.2) is 11.5 Å². The molecule has 1 aromatic heterocycles. The third-order valence-corrected chi connectivity index (χ3v) is 8.39. The van der Waals surface area contributed by atoms with E-state index in [2.05, 4.69) is 10.3 Å². The molecule has 13 heteroatoms. The average molecular weight is 644 g/mol. The lowest BCUT2D eigenvalue weighted by Crippen LogP contribution is -2.51. The van der Waals surface area contributed by atoms with Crippen LogP contribution in [0.4, 0.5) is 10.1 Å². The molecule has 0 bridgehead atoms.